The van der Waals surface area contributed by atoms with Crippen LogP contribution >= 0.6 is 0 Å². The minimum atomic E-state index is 0.0547. The zero-order valence-corrected chi connectivity index (χ0v) is 17.8. The van der Waals surface area contributed by atoms with Gasteiger partial charge in [0.05, 0.1) is 11.1 Å². The van der Waals surface area contributed by atoms with E-state index in [0.717, 1.165) is 47.6 Å². The Labute approximate surface area is 182 Å². The monoisotopic (exact) mass is 414 g/mol. The van der Waals surface area contributed by atoms with Gasteiger partial charge in [-0.3, -0.25) is 4.79 Å². The van der Waals surface area contributed by atoms with Crippen molar-refractivity contribution in [3.8, 4) is 11.8 Å². The number of benzene rings is 1. The lowest BCUT2D eigenvalue weighted by Gasteiger charge is -2.16. The first kappa shape index (κ1) is 20.6. The topological polar surface area (TPSA) is 77.2 Å². The van der Waals surface area contributed by atoms with E-state index in [2.05, 4.69) is 32.1 Å². The summed E-state index contributed by atoms with van der Waals surface area (Å²) in [6.45, 7) is 2.14. The Morgan fingerprint density at radius 3 is 2.94 bits per heavy atom. The first-order valence-corrected chi connectivity index (χ1v) is 10.4. The number of likely N-dealkylation sites (tertiary alicyclic amines) is 1. The number of rotatable bonds is 5. The summed E-state index contributed by atoms with van der Waals surface area (Å²) in [6, 6.07) is 12.0. The van der Waals surface area contributed by atoms with E-state index < -0.39 is 0 Å². The first-order chi connectivity index (χ1) is 15.1. The summed E-state index contributed by atoms with van der Waals surface area (Å²) >= 11 is 0. The highest BCUT2D eigenvalue weighted by molar-refractivity contribution is 5.89. The molecule has 7 nitrogen and oxygen atoms in total. The lowest BCUT2D eigenvalue weighted by atomic mass is 10.2. The maximum absolute atomic E-state index is 12.4. The fraction of sp³-hybridized carbons (Fsp3) is 0.292. The molecule has 1 aliphatic rings. The van der Waals surface area contributed by atoms with Crippen molar-refractivity contribution in [2.75, 3.05) is 39.0 Å². The fourth-order valence-electron chi connectivity index (χ4n) is 3.52. The summed E-state index contributed by atoms with van der Waals surface area (Å²) in [5.41, 5.74) is 2.49. The van der Waals surface area contributed by atoms with E-state index in [4.69, 9.17) is 0 Å². The minimum absolute atomic E-state index is 0.0547. The van der Waals surface area contributed by atoms with Gasteiger partial charge in [-0.05, 0) is 44.6 Å². The molecule has 0 unspecified atom stereocenters. The van der Waals surface area contributed by atoms with Gasteiger partial charge in [0, 0.05) is 37.3 Å². The number of hydrogen-bond donors (Lipinski definition) is 2. The number of carbonyl (C=O) groups is 1. The van der Waals surface area contributed by atoms with Crippen LogP contribution in [-0.4, -0.2) is 70.4 Å². The van der Waals surface area contributed by atoms with Crippen molar-refractivity contribution in [1.82, 2.24) is 24.8 Å². The number of fused-ring (bicyclic) bond motifs is 1. The van der Waals surface area contributed by atoms with E-state index in [1.807, 2.05) is 66.4 Å². The van der Waals surface area contributed by atoms with Crippen molar-refractivity contribution in [2.45, 2.75) is 12.5 Å². The minimum Gasteiger partial charge on any atom is -0.365 e. The zero-order chi connectivity index (χ0) is 21.6. The van der Waals surface area contributed by atoms with Crippen LogP contribution in [-0.2, 0) is 4.79 Å². The Morgan fingerprint density at radius 2 is 2.13 bits per heavy atom. The number of amides is 1. The smallest absolute Gasteiger partial charge is 0.246 e. The molecule has 1 fully saturated rings. The van der Waals surface area contributed by atoms with Gasteiger partial charge in [0.25, 0.3) is 0 Å². The molecule has 1 amide bonds. The molecule has 7 heteroatoms. The van der Waals surface area contributed by atoms with Crippen LogP contribution < -0.4 is 5.32 Å². The molecule has 0 saturated carbocycles. The second-order valence-electron chi connectivity index (χ2n) is 7.86. The molecule has 1 atom stereocenters. The molecule has 3 heterocycles. The maximum atomic E-state index is 12.4. The Bertz CT molecular complexity index is 1140. The summed E-state index contributed by atoms with van der Waals surface area (Å²) in [7, 11) is 3.96. The largest absolute Gasteiger partial charge is 0.365 e. The predicted octanol–water partition coefficient (Wildman–Crippen LogP) is 2.49. The number of anilines is 1. The molecule has 0 radical (unpaired) electrons. The number of nitrogens with one attached hydrogen (secondary N) is 2. The standard InChI is InChI=1S/C24H26N6O/c1-29(2)13-6-9-22(31)30-14-12-20(16-30)28-24-21-15-19(27-23(21)25-17-26-24)11-10-18-7-4-3-5-8-18/h3-9,15,17,20H,12-14,16H2,1-2H3,(H2,25,26,27,28)/t20-/m1/s1. The molecule has 0 spiro atoms. The second-order valence-corrected chi connectivity index (χ2v) is 7.86. The van der Waals surface area contributed by atoms with Gasteiger partial charge in [-0.25, -0.2) is 9.97 Å². The molecule has 1 aliphatic heterocycles. The van der Waals surface area contributed by atoms with Crippen molar-refractivity contribution >= 4 is 22.8 Å². The number of aromatic amines is 1. The van der Waals surface area contributed by atoms with E-state index in [1.165, 1.54) is 6.33 Å². The summed E-state index contributed by atoms with van der Waals surface area (Å²) < 4.78 is 0. The van der Waals surface area contributed by atoms with Gasteiger partial charge in [0.1, 0.15) is 17.8 Å². The number of nitrogens with zero attached hydrogens (tertiary/aromatic N) is 4. The van der Waals surface area contributed by atoms with Crippen molar-refractivity contribution in [3.05, 3.63) is 66.1 Å². The quantitative estimate of drug-likeness (QED) is 0.496. The number of carbonyl (C=O) groups excluding carboxylic acids is 1. The van der Waals surface area contributed by atoms with Crippen LogP contribution in [0.15, 0.2) is 54.9 Å². The van der Waals surface area contributed by atoms with Crippen LogP contribution in [0.4, 0.5) is 5.82 Å². The van der Waals surface area contributed by atoms with Crippen LogP contribution in [0.1, 0.15) is 17.7 Å². The highest BCUT2D eigenvalue weighted by atomic mass is 16.2. The molecule has 4 rings (SSSR count). The van der Waals surface area contributed by atoms with Gasteiger partial charge in [-0.15, -0.1) is 0 Å². The van der Waals surface area contributed by atoms with Gasteiger partial charge < -0.3 is 20.1 Å². The third-order valence-electron chi connectivity index (χ3n) is 5.11. The predicted molar refractivity (Wildman–Crippen MR) is 123 cm³/mol. The molecule has 1 aromatic carbocycles. The zero-order valence-electron chi connectivity index (χ0n) is 17.8. The Hall–Kier alpha value is -3.63. The van der Waals surface area contributed by atoms with Crippen LogP contribution in [0.25, 0.3) is 11.0 Å². The van der Waals surface area contributed by atoms with Crippen molar-refractivity contribution in [1.29, 1.82) is 0 Å². The summed E-state index contributed by atoms with van der Waals surface area (Å²) in [6.07, 6.45) is 5.98. The SMILES string of the molecule is CN(C)CC=CC(=O)N1CC[C@@H](Nc2ncnc3[nH]c(C#Cc4ccccc4)cc23)C1. The van der Waals surface area contributed by atoms with Crippen molar-refractivity contribution in [2.24, 2.45) is 0 Å². The van der Waals surface area contributed by atoms with Crippen LogP contribution in [0, 0.1) is 11.8 Å². The molecular formula is C24H26N6O. The molecule has 158 valence electrons. The molecule has 1 saturated heterocycles. The highest BCUT2D eigenvalue weighted by Gasteiger charge is 2.25. The van der Waals surface area contributed by atoms with Gasteiger partial charge in [0.2, 0.25) is 5.91 Å². The fourth-order valence-corrected chi connectivity index (χ4v) is 3.52. The second kappa shape index (κ2) is 9.45. The maximum Gasteiger partial charge on any atom is 0.246 e. The van der Waals surface area contributed by atoms with Gasteiger partial charge in [0.15, 0.2) is 0 Å². The molecule has 2 aromatic heterocycles. The third kappa shape index (κ3) is 5.30. The van der Waals surface area contributed by atoms with Gasteiger partial charge >= 0.3 is 0 Å². The number of likely N-dealkylation sites (N-methyl/N-ethyl adjacent to an activating group) is 1. The van der Waals surface area contributed by atoms with E-state index in [1.54, 1.807) is 6.08 Å². The lowest BCUT2D eigenvalue weighted by molar-refractivity contribution is -0.125. The third-order valence-corrected chi connectivity index (χ3v) is 5.11. The molecule has 3 aromatic rings. The Balaban J connectivity index is 1.43. The normalized spacial score (nSPS) is 16.1. The van der Waals surface area contributed by atoms with Gasteiger partial charge in [-0.2, -0.15) is 0 Å². The Morgan fingerprint density at radius 1 is 1.29 bits per heavy atom. The number of hydrogen-bond acceptors (Lipinski definition) is 5. The summed E-state index contributed by atoms with van der Waals surface area (Å²) in [5.74, 6) is 7.12. The average molecular weight is 415 g/mol. The summed E-state index contributed by atoms with van der Waals surface area (Å²) in [5, 5.41) is 4.38. The van der Waals surface area contributed by atoms with Crippen LogP contribution in [0.2, 0.25) is 0 Å². The lowest BCUT2D eigenvalue weighted by Crippen LogP contribution is -2.30. The molecule has 0 aliphatic carbocycles. The van der Waals surface area contributed by atoms with Crippen LogP contribution in [0.5, 0.6) is 0 Å². The van der Waals surface area contributed by atoms with E-state index in [-0.39, 0.29) is 11.9 Å². The van der Waals surface area contributed by atoms with Crippen LogP contribution in [0.3, 0.4) is 0 Å². The molecule has 2 N–H and O–H groups in total. The van der Waals surface area contributed by atoms with E-state index >= 15 is 0 Å². The van der Waals surface area contributed by atoms with E-state index in [9.17, 15) is 4.79 Å². The number of aromatic nitrogens is 3. The van der Waals surface area contributed by atoms with Gasteiger partial charge in [-0.1, -0.05) is 30.2 Å². The first-order valence-electron chi connectivity index (χ1n) is 10.4. The van der Waals surface area contributed by atoms with Crippen molar-refractivity contribution in [3.63, 3.8) is 0 Å². The highest BCUT2D eigenvalue weighted by Crippen LogP contribution is 2.23. The molecule has 0 bridgehead atoms. The Kier molecular flexibility index (Phi) is 6.29. The van der Waals surface area contributed by atoms with Crippen molar-refractivity contribution < 1.29 is 4.79 Å². The molecule has 31 heavy (non-hydrogen) atoms. The average Bonchev–Trinajstić information content (AvgIpc) is 3.40. The van der Waals surface area contributed by atoms with E-state index in [0.29, 0.717) is 6.54 Å². The summed E-state index contributed by atoms with van der Waals surface area (Å²) in [4.78, 5) is 28.3. The number of H-pyrrole nitrogens is 1. The molecular weight excluding hydrogens is 388 g/mol.